The van der Waals surface area contributed by atoms with Crippen molar-refractivity contribution < 1.29 is 24.0 Å². The molecule has 0 atom stereocenters. The van der Waals surface area contributed by atoms with Crippen molar-refractivity contribution in [3.8, 4) is 5.88 Å². The van der Waals surface area contributed by atoms with Crippen molar-refractivity contribution in [3.05, 3.63) is 11.8 Å². The molecule has 7 nitrogen and oxygen atoms in total. The smallest absolute Gasteiger partial charge is 0.323 e. The van der Waals surface area contributed by atoms with Gasteiger partial charge in [-0.3, -0.25) is 9.59 Å². The zero-order valence-electron chi connectivity index (χ0n) is 11.3. The third-order valence-electron chi connectivity index (χ3n) is 2.21. The molecule has 1 aromatic rings. The highest BCUT2D eigenvalue weighted by Gasteiger charge is 2.18. The number of aryl methyl sites for hydroxylation is 1. The lowest BCUT2D eigenvalue weighted by atomic mass is 10.2. The van der Waals surface area contributed by atoms with Crippen molar-refractivity contribution in [1.29, 1.82) is 0 Å². The van der Waals surface area contributed by atoms with Crippen LogP contribution >= 0.6 is 0 Å². The fraction of sp³-hybridized carbons (Fsp3) is 0.583. The first-order valence-electron chi connectivity index (χ1n) is 5.94. The summed E-state index contributed by atoms with van der Waals surface area (Å²) in [5, 5.41) is 12.4. The van der Waals surface area contributed by atoms with Crippen LogP contribution in [0.1, 0.15) is 19.6 Å². The Kier molecular flexibility index (Phi) is 5.35. The molecule has 0 aliphatic carbocycles. The van der Waals surface area contributed by atoms with E-state index in [4.69, 9.17) is 14.4 Å². The molecular weight excluding hydrogens is 252 g/mol. The third-order valence-corrected chi connectivity index (χ3v) is 2.21. The first-order valence-corrected chi connectivity index (χ1v) is 5.94. The van der Waals surface area contributed by atoms with Crippen LogP contribution in [0.2, 0.25) is 0 Å². The van der Waals surface area contributed by atoms with E-state index < -0.39 is 11.9 Å². The van der Waals surface area contributed by atoms with Crippen molar-refractivity contribution in [2.75, 3.05) is 19.7 Å². The van der Waals surface area contributed by atoms with Crippen molar-refractivity contribution in [2.24, 2.45) is 5.92 Å². The van der Waals surface area contributed by atoms with Gasteiger partial charge in [0, 0.05) is 12.6 Å². The molecule has 1 aromatic heterocycles. The van der Waals surface area contributed by atoms with Gasteiger partial charge in [0.15, 0.2) is 6.61 Å². The molecule has 0 radical (unpaired) electrons. The highest BCUT2D eigenvalue weighted by atomic mass is 16.5. The molecule has 0 aromatic carbocycles. The predicted molar refractivity (Wildman–Crippen MR) is 65.8 cm³/mol. The van der Waals surface area contributed by atoms with E-state index in [2.05, 4.69) is 5.16 Å². The standard InChI is InChI=1S/C12H18N2O5/c1-8(2)5-14(6-12(16)17)11(15)7-18-10-4-9(3)19-13-10/h4,8H,5-7H2,1-3H3,(H,16,17). The number of ether oxygens (including phenoxy) is 1. The Hall–Kier alpha value is -2.05. The first-order chi connectivity index (χ1) is 8.88. The number of carboxylic acids is 1. The lowest BCUT2D eigenvalue weighted by Gasteiger charge is -2.22. The van der Waals surface area contributed by atoms with Gasteiger partial charge in [-0.1, -0.05) is 13.8 Å². The quantitative estimate of drug-likeness (QED) is 0.792. The number of aliphatic carboxylic acids is 1. The second-order valence-corrected chi connectivity index (χ2v) is 4.63. The van der Waals surface area contributed by atoms with Gasteiger partial charge in [0.2, 0.25) is 0 Å². The number of carbonyl (C=O) groups is 2. The maximum absolute atomic E-state index is 11.9. The van der Waals surface area contributed by atoms with Crippen LogP contribution in [0.5, 0.6) is 5.88 Å². The highest BCUT2D eigenvalue weighted by molar-refractivity contribution is 5.82. The van der Waals surface area contributed by atoms with Crippen molar-refractivity contribution >= 4 is 11.9 Å². The van der Waals surface area contributed by atoms with Gasteiger partial charge in [-0.25, -0.2) is 0 Å². The maximum Gasteiger partial charge on any atom is 0.323 e. The SMILES string of the molecule is Cc1cc(OCC(=O)N(CC(=O)O)CC(C)C)no1. The minimum atomic E-state index is -1.05. The third kappa shape index (κ3) is 5.41. The molecule has 19 heavy (non-hydrogen) atoms. The number of amides is 1. The van der Waals surface area contributed by atoms with E-state index in [1.54, 1.807) is 13.0 Å². The zero-order chi connectivity index (χ0) is 14.4. The summed E-state index contributed by atoms with van der Waals surface area (Å²) in [7, 11) is 0. The number of carbonyl (C=O) groups excluding carboxylic acids is 1. The van der Waals surface area contributed by atoms with Crippen molar-refractivity contribution in [3.63, 3.8) is 0 Å². The molecule has 0 saturated heterocycles. The van der Waals surface area contributed by atoms with Crippen LogP contribution in [0.4, 0.5) is 0 Å². The second-order valence-electron chi connectivity index (χ2n) is 4.63. The van der Waals surface area contributed by atoms with Gasteiger partial charge in [0.1, 0.15) is 12.3 Å². The summed E-state index contributed by atoms with van der Waals surface area (Å²) in [6.45, 7) is 5.29. The van der Waals surface area contributed by atoms with Crippen LogP contribution in [0, 0.1) is 12.8 Å². The number of hydrogen-bond donors (Lipinski definition) is 1. The minimum Gasteiger partial charge on any atom is -0.480 e. The molecule has 1 rings (SSSR count). The van der Waals surface area contributed by atoms with E-state index in [1.165, 1.54) is 4.90 Å². The van der Waals surface area contributed by atoms with Gasteiger partial charge < -0.3 is 19.3 Å². The molecular formula is C12H18N2O5. The Morgan fingerprint density at radius 3 is 2.68 bits per heavy atom. The fourth-order valence-corrected chi connectivity index (χ4v) is 1.50. The number of hydrogen-bond acceptors (Lipinski definition) is 5. The molecule has 1 amide bonds. The van der Waals surface area contributed by atoms with Crippen LogP contribution in [-0.4, -0.2) is 46.7 Å². The molecule has 0 bridgehead atoms. The second kappa shape index (κ2) is 6.77. The van der Waals surface area contributed by atoms with E-state index in [9.17, 15) is 9.59 Å². The van der Waals surface area contributed by atoms with Crippen molar-refractivity contribution in [1.82, 2.24) is 10.1 Å². The van der Waals surface area contributed by atoms with Gasteiger partial charge in [-0.15, -0.1) is 0 Å². The van der Waals surface area contributed by atoms with E-state index >= 15 is 0 Å². The molecule has 0 aliphatic heterocycles. The minimum absolute atomic E-state index is 0.178. The highest BCUT2D eigenvalue weighted by Crippen LogP contribution is 2.10. The molecule has 0 spiro atoms. The summed E-state index contributed by atoms with van der Waals surface area (Å²) in [5.41, 5.74) is 0. The summed E-state index contributed by atoms with van der Waals surface area (Å²) in [6, 6.07) is 1.55. The number of nitrogens with zero attached hydrogens (tertiary/aromatic N) is 2. The van der Waals surface area contributed by atoms with Crippen LogP contribution in [0.3, 0.4) is 0 Å². The summed E-state index contributed by atoms with van der Waals surface area (Å²) in [6.07, 6.45) is 0. The normalized spacial score (nSPS) is 10.5. The Morgan fingerprint density at radius 1 is 1.53 bits per heavy atom. The zero-order valence-corrected chi connectivity index (χ0v) is 11.3. The molecule has 0 unspecified atom stereocenters. The summed E-state index contributed by atoms with van der Waals surface area (Å²) >= 11 is 0. The molecule has 106 valence electrons. The topological polar surface area (TPSA) is 92.9 Å². The summed E-state index contributed by atoms with van der Waals surface area (Å²) in [4.78, 5) is 23.8. The van der Waals surface area contributed by atoms with Gasteiger partial charge >= 0.3 is 5.97 Å². The Labute approximate surface area is 111 Å². The largest absolute Gasteiger partial charge is 0.480 e. The van der Waals surface area contributed by atoms with Crippen LogP contribution < -0.4 is 4.74 Å². The summed E-state index contributed by atoms with van der Waals surface area (Å²) in [5.74, 6) is -0.474. The maximum atomic E-state index is 11.9. The van der Waals surface area contributed by atoms with E-state index in [-0.39, 0.29) is 24.9 Å². The van der Waals surface area contributed by atoms with E-state index in [0.717, 1.165) is 0 Å². The van der Waals surface area contributed by atoms with Crippen LogP contribution in [0.15, 0.2) is 10.6 Å². The van der Waals surface area contributed by atoms with Crippen LogP contribution in [-0.2, 0) is 9.59 Å². The fourth-order valence-electron chi connectivity index (χ4n) is 1.50. The van der Waals surface area contributed by atoms with E-state index in [0.29, 0.717) is 12.3 Å². The molecule has 0 saturated carbocycles. The van der Waals surface area contributed by atoms with Crippen molar-refractivity contribution in [2.45, 2.75) is 20.8 Å². The summed E-state index contributed by atoms with van der Waals surface area (Å²) < 4.78 is 9.94. The van der Waals surface area contributed by atoms with Gasteiger partial charge in [-0.05, 0) is 18.0 Å². The molecule has 7 heteroatoms. The number of carboxylic acid groups (broad SMARTS) is 1. The molecule has 1 heterocycles. The Bertz CT molecular complexity index is 441. The number of aromatic nitrogens is 1. The number of rotatable bonds is 7. The average Bonchev–Trinajstić information content (AvgIpc) is 2.70. The Balaban J connectivity index is 2.53. The van der Waals surface area contributed by atoms with Gasteiger partial charge in [-0.2, -0.15) is 0 Å². The first kappa shape index (κ1) is 15.0. The van der Waals surface area contributed by atoms with Crippen LogP contribution in [0.25, 0.3) is 0 Å². The molecule has 0 fully saturated rings. The predicted octanol–water partition coefficient (Wildman–Crippen LogP) is 0.931. The van der Waals surface area contributed by atoms with Gasteiger partial charge in [0.25, 0.3) is 11.8 Å². The lowest BCUT2D eigenvalue weighted by Crippen LogP contribution is -2.40. The molecule has 1 N–H and O–H groups in total. The lowest BCUT2D eigenvalue weighted by molar-refractivity contribution is -0.145. The average molecular weight is 270 g/mol. The monoisotopic (exact) mass is 270 g/mol. The molecule has 0 aliphatic rings. The Morgan fingerprint density at radius 2 is 2.21 bits per heavy atom. The van der Waals surface area contributed by atoms with E-state index in [1.807, 2.05) is 13.8 Å². The van der Waals surface area contributed by atoms with Gasteiger partial charge in [0.05, 0.1) is 0 Å².